The van der Waals surface area contributed by atoms with Gasteiger partial charge in [0, 0.05) is 5.56 Å². The molecular formula is C11H14O2. The van der Waals surface area contributed by atoms with Crippen molar-refractivity contribution in [2.24, 2.45) is 0 Å². The van der Waals surface area contributed by atoms with Crippen LogP contribution in [0.15, 0.2) is 24.8 Å². The van der Waals surface area contributed by atoms with Gasteiger partial charge in [0.25, 0.3) is 0 Å². The highest BCUT2D eigenvalue weighted by Crippen LogP contribution is 2.31. The Bertz CT molecular complexity index is 303. The molecule has 0 aliphatic heterocycles. The second-order valence-corrected chi connectivity index (χ2v) is 3.07. The van der Waals surface area contributed by atoms with E-state index >= 15 is 0 Å². The van der Waals surface area contributed by atoms with Crippen molar-refractivity contribution >= 4 is 6.08 Å². The van der Waals surface area contributed by atoms with Gasteiger partial charge in [-0.3, -0.25) is 0 Å². The van der Waals surface area contributed by atoms with Crippen LogP contribution in [0.2, 0.25) is 0 Å². The fourth-order valence-corrected chi connectivity index (χ4v) is 1.07. The number of aromatic hydroxyl groups is 1. The van der Waals surface area contributed by atoms with E-state index in [1.165, 1.54) is 0 Å². The lowest BCUT2D eigenvalue weighted by Gasteiger charge is -2.13. The van der Waals surface area contributed by atoms with Crippen LogP contribution in [0.5, 0.6) is 11.5 Å². The second-order valence-electron chi connectivity index (χ2n) is 3.07. The van der Waals surface area contributed by atoms with Crippen LogP contribution in [0.25, 0.3) is 6.08 Å². The van der Waals surface area contributed by atoms with Crippen LogP contribution >= 0.6 is 0 Å². The van der Waals surface area contributed by atoms with Gasteiger partial charge in [-0.2, -0.15) is 0 Å². The number of phenols is 1. The SMILES string of the molecule is C=Cc1cccc(O)c1OC(C)C. The lowest BCUT2D eigenvalue weighted by Crippen LogP contribution is -2.06. The van der Waals surface area contributed by atoms with Crippen LogP contribution in [0.1, 0.15) is 19.4 Å². The third kappa shape index (κ3) is 2.25. The number of phenolic OH excluding ortho intramolecular Hbond substituents is 1. The van der Waals surface area contributed by atoms with Crippen LogP contribution in [-0.4, -0.2) is 11.2 Å². The molecule has 1 aromatic carbocycles. The van der Waals surface area contributed by atoms with Gasteiger partial charge in [0.15, 0.2) is 11.5 Å². The molecule has 0 amide bonds. The van der Waals surface area contributed by atoms with Gasteiger partial charge in [-0.05, 0) is 19.9 Å². The molecule has 1 N–H and O–H groups in total. The Morgan fingerprint density at radius 1 is 1.46 bits per heavy atom. The number of benzene rings is 1. The molecule has 0 aliphatic rings. The summed E-state index contributed by atoms with van der Waals surface area (Å²) in [6.07, 6.45) is 1.71. The molecule has 70 valence electrons. The minimum absolute atomic E-state index is 0.0481. The van der Waals surface area contributed by atoms with Crippen molar-refractivity contribution < 1.29 is 9.84 Å². The molecule has 0 spiro atoms. The fourth-order valence-electron chi connectivity index (χ4n) is 1.07. The van der Waals surface area contributed by atoms with Crippen LogP contribution in [-0.2, 0) is 0 Å². The standard InChI is InChI=1S/C11H14O2/c1-4-9-6-5-7-10(12)11(9)13-8(2)3/h4-8,12H,1H2,2-3H3. The van der Waals surface area contributed by atoms with Gasteiger partial charge >= 0.3 is 0 Å². The van der Waals surface area contributed by atoms with E-state index in [1.807, 2.05) is 19.9 Å². The molecule has 1 aromatic rings. The number of rotatable bonds is 3. The van der Waals surface area contributed by atoms with Crippen molar-refractivity contribution in [1.29, 1.82) is 0 Å². The second kappa shape index (κ2) is 3.99. The van der Waals surface area contributed by atoms with Gasteiger partial charge in [0.1, 0.15) is 0 Å². The van der Waals surface area contributed by atoms with E-state index in [2.05, 4.69) is 6.58 Å². The summed E-state index contributed by atoms with van der Waals surface area (Å²) in [6.45, 7) is 7.48. The molecule has 0 saturated heterocycles. The van der Waals surface area contributed by atoms with Gasteiger partial charge in [-0.15, -0.1) is 0 Å². The van der Waals surface area contributed by atoms with Crippen molar-refractivity contribution in [3.63, 3.8) is 0 Å². The molecule has 0 fully saturated rings. The van der Waals surface area contributed by atoms with Crippen molar-refractivity contribution in [2.75, 3.05) is 0 Å². The fraction of sp³-hybridized carbons (Fsp3) is 0.273. The Hall–Kier alpha value is -1.44. The monoisotopic (exact) mass is 178 g/mol. The first kappa shape index (κ1) is 9.65. The Balaban J connectivity index is 3.07. The van der Waals surface area contributed by atoms with E-state index in [0.29, 0.717) is 5.75 Å². The zero-order valence-electron chi connectivity index (χ0n) is 7.95. The first-order valence-electron chi connectivity index (χ1n) is 4.26. The molecule has 0 heterocycles. The molecule has 0 bridgehead atoms. The van der Waals surface area contributed by atoms with E-state index in [9.17, 15) is 5.11 Å². The van der Waals surface area contributed by atoms with Gasteiger partial charge < -0.3 is 9.84 Å². The maximum atomic E-state index is 9.50. The lowest BCUT2D eigenvalue weighted by molar-refractivity contribution is 0.231. The van der Waals surface area contributed by atoms with E-state index < -0.39 is 0 Å². The summed E-state index contributed by atoms with van der Waals surface area (Å²) < 4.78 is 5.45. The maximum absolute atomic E-state index is 9.50. The highest BCUT2D eigenvalue weighted by atomic mass is 16.5. The zero-order valence-corrected chi connectivity index (χ0v) is 7.95. The Morgan fingerprint density at radius 3 is 2.69 bits per heavy atom. The van der Waals surface area contributed by atoms with Gasteiger partial charge in [-0.1, -0.05) is 24.8 Å². The lowest BCUT2D eigenvalue weighted by atomic mass is 10.2. The zero-order chi connectivity index (χ0) is 9.84. The minimum atomic E-state index is 0.0481. The summed E-state index contributed by atoms with van der Waals surface area (Å²) in [4.78, 5) is 0. The predicted molar refractivity (Wildman–Crippen MR) is 54.0 cm³/mol. The molecule has 0 unspecified atom stereocenters. The van der Waals surface area contributed by atoms with Gasteiger partial charge in [-0.25, -0.2) is 0 Å². The van der Waals surface area contributed by atoms with Crippen LogP contribution in [0.3, 0.4) is 0 Å². The Kier molecular flexibility index (Phi) is 2.96. The summed E-state index contributed by atoms with van der Waals surface area (Å²) in [6, 6.07) is 5.22. The summed E-state index contributed by atoms with van der Waals surface area (Å²) in [5.74, 6) is 0.665. The van der Waals surface area contributed by atoms with Gasteiger partial charge in [0.2, 0.25) is 0 Å². The van der Waals surface area contributed by atoms with Crippen LogP contribution < -0.4 is 4.74 Å². The van der Waals surface area contributed by atoms with Crippen molar-refractivity contribution in [1.82, 2.24) is 0 Å². The Morgan fingerprint density at radius 2 is 2.15 bits per heavy atom. The average molecular weight is 178 g/mol. The first-order chi connectivity index (χ1) is 6.15. The average Bonchev–Trinajstić information content (AvgIpc) is 2.08. The van der Waals surface area contributed by atoms with E-state index in [0.717, 1.165) is 5.56 Å². The van der Waals surface area contributed by atoms with Crippen LogP contribution in [0, 0.1) is 0 Å². The normalized spacial score (nSPS) is 10.1. The molecule has 0 atom stereocenters. The van der Waals surface area contributed by atoms with Crippen molar-refractivity contribution in [2.45, 2.75) is 20.0 Å². The molecule has 1 rings (SSSR count). The topological polar surface area (TPSA) is 29.5 Å². The van der Waals surface area contributed by atoms with E-state index in [4.69, 9.17) is 4.74 Å². The Labute approximate surface area is 78.5 Å². The van der Waals surface area contributed by atoms with E-state index in [1.54, 1.807) is 18.2 Å². The first-order valence-corrected chi connectivity index (χ1v) is 4.26. The molecule has 0 aliphatic carbocycles. The molecule has 2 nitrogen and oxygen atoms in total. The predicted octanol–water partition coefficient (Wildman–Crippen LogP) is 2.82. The molecular weight excluding hydrogens is 164 g/mol. The quantitative estimate of drug-likeness (QED) is 0.771. The number of hydrogen-bond acceptors (Lipinski definition) is 2. The minimum Gasteiger partial charge on any atom is -0.504 e. The summed E-state index contributed by atoms with van der Waals surface area (Å²) in [5, 5.41) is 9.50. The number of hydrogen-bond donors (Lipinski definition) is 1. The highest BCUT2D eigenvalue weighted by molar-refractivity contribution is 5.60. The number of para-hydroxylation sites is 1. The maximum Gasteiger partial charge on any atom is 0.168 e. The van der Waals surface area contributed by atoms with Crippen molar-refractivity contribution in [3.05, 3.63) is 30.3 Å². The summed E-state index contributed by atoms with van der Waals surface area (Å²) in [7, 11) is 0. The van der Waals surface area contributed by atoms with Gasteiger partial charge in [0.05, 0.1) is 6.10 Å². The molecule has 13 heavy (non-hydrogen) atoms. The molecule has 2 heteroatoms. The molecule has 0 saturated carbocycles. The molecule has 0 aromatic heterocycles. The summed E-state index contributed by atoms with van der Waals surface area (Å²) in [5.41, 5.74) is 0.814. The summed E-state index contributed by atoms with van der Waals surface area (Å²) >= 11 is 0. The smallest absolute Gasteiger partial charge is 0.168 e. The molecule has 0 radical (unpaired) electrons. The largest absolute Gasteiger partial charge is 0.504 e. The van der Waals surface area contributed by atoms with Crippen LogP contribution in [0.4, 0.5) is 0 Å². The number of ether oxygens (including phenoxy) is 1. The van der Waals surface area contributed by atoms with Crippen molar-refractivity contribution in [3.8, 4) is 11.5 Å². The third-order valence-electron chi connectivity index (χ3n) is 1.60. The van der Waals surface area contributed by atoms with E-state index in [-0.39, 0.29) is 11.9 Å². The third-order valence-corrected chi connectivity index (χ3v) is 1.60. The highest BCUT2D eigenvalue weighted by Gasteiger charge is 2.07.